The number of nitrogens with one attached hydrogen (secondary N) is 1. The summed E-state index contributed by atoms with van der Waals surface area (Å²) >= 11 is 0. The molecular weight excluding hydrogens is 162 g/mol. The largest absolute Gasteiger partial charge is 0.489 e. The molecule has 0 radical (unpaired) electrons. The number of aryl methyl sites for hydroxylation is 1. The molecule has 2 nitrogen and oxygen atoms in total. The second kappa shape index (κ2) is 4.87. The van der Waals surface area contributed by atoms with Gasteiger partial charge in [-0.3, -0.25) is 0 Å². The van der Waals surface area contributed by atoms with Crippen molar-refractivity contribution in [2.24, 2.45) is 0 Å². The van der Waals surface area contributed by atoms with Gasteiger partial charge in [0.1, 0.15) is 11.9 Å². The molecule has 0 aliphatic heterocycles. The molecular formula is C11H17NO. The molecule has 0 unspecified atom stereocenters. The Labute approximate surface area is 79.9 Å². The van der Waals surface area contributed by atoms with Crippen LogP contribution in [0.15, 0.2) is 24.3 Å². The quantitative estimate of drug-likeness (QED) is 0.763. The van der Waals surface area contributed by atoms with Gasteiger partial charge in [0.05, 0.1) is 0 Å². The lowest BCUT2D eigenvalue weighted by atomic mass is 10.2. The highest BCUT2D eigenvalue weighted by Crippen LogP contribution is 2.13. The normalized spacial score (nSPS) is 12.5. The van der Waals surface area contributed by atoms with Crippen molar-refractivity contribution >= 4 is 0 Å². The molecule has 72 valence electrons. The van der Waals surface area contributed by atoms with Crippen LogP contribution in [0.3, 0.4) is 0 Å². The highest BCUT2D eigenvalue weighted by atomic mass is 16.5. The molecule has 1 atom stereocenters. The Kier molecular flexibility index (Phi) is 3.77. The molecule has 2 heteroatoms. The third kappa shape index (κ3) is 3.47. The number of ether oxygens (including phenoxy) is 1. The van der Waals surface area contributed by atoms with Crippen molar-refractivity contribution in [3.05, 3.63) is 29.8 Å². The van der Waals surface area contributed by atoms with Gasteiger partial charge in [-0.25, -0.2) is 0 Å². The summed E-state index contributed by atoms with van der Waals surface area (Å²) < 4.78 is 5.67. The Balaban J connectivity index is 2.53. The molecule has 0 saturated carbocycles. The van der Waals surface area contributed by atoms with Gasteiger partial charge >= 0.3 is 0 Å². The van der Waals surface area contributed by atoms with Gasteiger partial charge in [-0.2, -0.15) is 0 Å². The van der Waals surface area contributed by atoms with Gasteiger partial charge < -0.3 is 10.1 Å². The summed E-state index contributed by atoms with van der Waals surface area (Å²) in [7, 11) is 1.93. The van der Waals surface area contributed by atoms with Crippen LogP contribution in [-0.4, -0.2) is 19.7 Å². The Hall–Kier alpha value is -1.02. The molecule has 13 heavy (non-hydrogen) atoms. The maximum absolute atomic E-state index is 5.67. The van der Waals surface area contributed by atoms with Crippen molar-refractivity contribution in [3.8, 4) is 5.75 Å². The second-order valence-corrected chi connectivity index (χ2v) is 3.30. The summed E-state index contributed by atoms with van der Waals surface area (Å²) in [6, 6.07) is 8.11. The van der Waals surface area contributed by atoms with Gasteiger partial charge in [0.25, 0.3) is 0 Å². The smallest absolute Gasteiger partial charge is 0.120 e. The van der Waals surface area contributed by atoms with Crippen LogP contribution < -0.4 is 10.1 Å². The van der Waals surface area contributed by atoms with Crippen molar-refractivity contribution < 1.29 is 4.74 Å². The molecule has 0 spiro atoms. The average Bonchev–Trinajstić information content (AvgIpc) is 2.04. The van der Waals surface area contributed by atoms with E-state index in [4.69, 9.17) is 4.74 Å². The van der Waals surface area contributed by atoms with Crippen molar-refractivity contribution in [3.63, 3.8) is 0 Å². The van der Waals surface area contributed by atoms with Gasteiger partial charge in [-0.1, -0.05) is 12.1 Å². The van der Waals surface area contributed by atoms with Gasteiger partial charge in [0.15, 0.2) is 0 Å². The third-order valence-electron chi connectivity index (χ3n) is 1.82. The lowest BCUT2D eigenvalue weighted by Crippen LogP contribution is -2.25. The van der Waals surface area contributed by atoms with Crippen LogP contribution in [0, 0.1) is 6.92 Å². The average molecular weight is 179 g/mol. The molecule has 0 aliphatic carbocycles. The Morgan fingerprint density at radius 3 is 2.85 bits per heavy atom. The summed E-state index contributed by atoms with van der Waals surface area (Å²) in [6.45, 7) is 4.99. The topological polar surface area (TPSA) is 21.3 Å². The van der Waals surface area contributed by atoms with Gasteiger partial charge in [0, 0.05) is 6.54 Å². The number of hydrogen-bond acceptors (Lipinski definition) is 2. The zero-order valence-electron chi connectivity index (χ0n) is 8.50. The molecule has 0 amide bonds. The molecule has 1 rings (SSSR count). The van der Waals surface area contributed by atoms with E-state index in [1.165, 1.54) is 5.56 Å². The number of hydrogen-bond donors (Lipinski definition) is 1. The molecule has 0 fully saturated rings. The fourth-order valence-corrected chi connectivity index (χ4v) is 1.25. The third-order valence-corrected chi connectivity index (χ3v) is 1.82. The standard InChI is InChI=1S/C11H17NO/c1-9-5-4-6-11(7-9)13-10(2)8-12-3/h4-7,10,12H,8H2,1-3H3/t10-/m1/s1. The Bertz CT molecular complexity index is 260. The van der Waals surface area contributed by atoms with Crippen LogP contribution in [0.5, 0.6) is 5.75 Å². The van der Waals surface area contributed by atoms with Crippen LogP contribution in [0.25, 0.3) is 0 Å². The summed E-state index contributed by atoms with van der Waals surface area (Å²) in [5.74, 6) is 0.947. The van der Waals surface area contributed by atoms with Crippen molar-refractivity contribution in [1.29, 1.82) is 0 Å². The van der Waals surface area contributed by atoms with Crippen LogP contribution in [0.2, 0.25) is 0 Å². The van der Waals surface area contributed by atoms with E-state index >= 15 is 0 Å². The monoisotopic (exact) mass is 179 g/mol. The van der Waals surface area contributed by atoms with Crippen LogP contribution >= 0.6 is 0 Å². The lowest BCUT2D eigenvalue weighted by Gasteiger charge is -2.14. The van der Waals surface area contributed by atoms with E-state index in [9.17, 15) is 0 Å². The summed E-state index contributed by atoms with van der Waals surface area (Å²) in [6.07, 6.45) is 0.215. The molecule has 0 aromatic heterocycles. The maximum atomic E-state index is 5.67. The summed E-state index contributed by atoms with van der Waals surface area (Å²) in [4.78, 5) is 0. The first kappa shape index (κ1) is 10.1. The zero-order valence-corrected chi connectivity index (χ0v) is 8.50. The van der Waals surface area contributed by atoms with Crippen molar-refractivity contribution in [1.82, 2.24) is 5.32 Å². The predicted molar refractivity (Wildman–Crippen MR) is 55.2 cm³/mol. The van der Waals surface area contributed by atoms with E-state index in [-0.39, 0.29) is 6.10 Å². The Morgan fingerprint density at radius 1 is 1.46 bits per heavy atom. The first-order chi connectivity index (χ1) is 6.22. The van der Waals surface area contributed by atoms with Crippen LogP contribution in [-0.2, 0) is 0 Å². The van der Waals surface area contributed by atoms with Crippen LogP contribution in [0.4, 0.5) is 0 Å². The highest BCUT2D eigenvalue weighted by Gasteiger charge is 2.01. The maximum Gasteiger partial charge on any atom is 0.120 e. The number of rotatable bonds is 4. The molecule has 0 saturated heterocycles. The first-order valence-electron chi connectivity index (χ1n) is 4.60. The molecule has 1 aromatic rings. The minimum Gasteiger partial charge on any atom is -0.489 e. The van der Waals surface area contributed by atoms with E-state index in [0.717, 1.165) is 12.3 Å². The van der Waals surface area contributed by atoms with Crippen LogP contribution in [0.1, 0.15) is 12.5 Å². The Morgan fingerprint density at radius 2 is 2.23 bits per heavy atom. The van der Waals surface area contributed by atoms with Gasteiger partial charge in [0.2, 0.25) is 0 Å². The first-order valence-corrected chi connectivity index (χ1v) is 4.60. The number of benzene rings is 1. The zero-order chi connectivity index (χ0) is 9.68. The number of likely N-dealkylation sites (N-methyl/N-ethyl adjacent to an activating group) is 1. The van der Waals surface area contributed by atoms with E-state index in [2.05, 4.69) is 25.2 Å². The summed E-state index contributed by atoms with van der Waals surface area (Å²) in [5.41, 5.74) is 1.23. The van der Waals surface area contributed by atoms with Gasteiger partial charge in [-0.15, -0.1) is 0 Å². The summed E-state index contributed by atoms with van der Waals surface area (Å²) in [5, 5.41) is 3.08. The minimum atomic E-state index is 0.215. The lowest BCUT2D eigenvalue weighted by molar-refractivity contribution is 0.220. The van der Waals surface area contributed by atoms with E-state index in [1.54, 1.807) is 0 Å². The second-order valence-electron chi connectivity index (χ2n) is 3.30. The SMILES string of the molecule is CNC[C@@H](C)Oc1cccc(C)c1. The fourth-order valence-electron chi connectivity index (χ4n) is 1.25. The predicted octanol–water partition coefficient (Wildman–Crippen LogP) is 1.98. The molecule has 0 heterocycles. The molecule has 1 N–H and O–H groups in total. The van der Waals surface area contributed by atoms with E-state index < -0.39 is 0 Å². The van der Waals surface area contributed by atoms with Crippen molar-refractivity contribution in [2.75, 3.05) is 13.6 Å². The van der Waals surface area contributed by atoms with Crippen molar-refractivity contribution in [2.45, 2.75) is 20.0 Å². The highest BCUT2D eigenvalue weighted by molar-refractivity contribution is 5.27. The van der Waals surface area contributed by atoms with E-state index in [0.29, 0.717) is 0 Å². The van der Waals surface area contributed by atoms with Gasteiger partial charge in [-0.05, 0) is 38.6 Å². The fraction of sp³-hybridized carbons (Fsp3) is 0.455. The molecule has 0 bridgehead atoms. The van der Waals surface area contributed by atoms with E-state index in [1.807, 2.05) is 25.2 Å². The molecule has 1 aromatic carbocycles. The molecule has 0 aliphatic rings. The minimum absolute atomic E-state index is 0.215.